The van der Waals surface area contributed by atoms with E-state index in [1.807, 2.05) is 45.9 Å². The predicted octanol–water partition coefficient (Wildman–Crippen LogP) is 8.24. The van der Waals surface area contributed by atoms with Crippen molar-refractivity contribution in [2.24, 2.45) is 0 Å². The van der Waals surface area contributed by atoms with Gasteiger partial charge in [0.1, 0.15) is 11.7 Å². The van der Waals surface area contributed by atoms with E-state index in [0.29, 0.717) is 30.3 Å². The van der Waals surface area contributed by atoms with E-state index in [2.05, 4.69) is 5.32 Å². The fourth-order valence-corrected chi connectivity index (χ4v) is 6.92. The number of nitrogens with zero attached hydrogens (tertiary/aromatic N) is 1. The number of hydrogen-bond acceptors (Lipinski definition) is 9. The Kier molecular flexibility index (Phi) is 14.1. The average molecular weight is 729 g/mol. The van der Waals surface area contributed by atoms with Crippen LogP contribution in [0, 0.1) is 0 Å². The van der Waals surface area contributed by atoms with Crippen LogP contribution < -0.4 is 5.32 Å². The standard InChI is InChI=1S/C38H49ClN2O8S/c1-6-21-40-33-19-18-31(25-32(33)36(42)46-7-2)50(44,45)30-16-14-27(15-17-30)20-22-41(37(43)49-38(3,4)5)26-34(28-11-10-12-29(39)24-28)48-35-13-8-9-23-47-35/h10-12,14-19,24-25,34-35,40H,6-9,13,20-23,26H2,1-5H3/t34-,35?/m1/s1. The maximum atomic E-state index is 13.7. The molecular weight excluding hydrogens is 680 g/mol. The van der Waals surface area contributed by atoms with Gasteiger partial charge in [0.05, 0.1) is 28.5 Å². The second-order valence-electron chi connectivity index (χ2n) is 13.2. The van der Waals surface area contributed by atoms with Crippen LogP contribution in [0.4, 0.5) is 10.5 Å². The van der Waals surface area contributed by atoms with Gasteiger partial charge in [-0.15, -0.1) is 0 Å². The number of anilines is 1. The Labute approximate surface area is 301 Å². The molecule has 1 aliphatic rings. The maximum Gasteiger partial charge on any atom is 0.410 e. The lowest BCUT2D eigenvalue weighted by Gasteiger charge is -2.33. The fraction of sp³-hybridized carbons (Fsp3) is 0.474. The number of rotatable bonds is 15. The molecule has 12 heteroatoms. The van der Waals surface area contributed by atoms with E-state index in [0.717, 1.165) is 36.8 Å². The number of amides is 1. The molecule has 1 saturated heterocycles. The molecule has 1 aliphatic heterocycles. The highest BCUT2D eigenvalue weighted by Crippen LogP contribution is 2.29. The Morgan fingerprint density at radius 1 is 1.02 bits per heavy atom. The van der Waals surface area contributed by atoms with Crippen molar-refractivity contribution >= 4 is 39.2 Å². The Morgan fingerprint density at radius 2 is 1.76 bits per heavy atom. The minimum absolute atomic E-state index is 0.0135. The summed E-state index contributed by atoms with van der Waals surface area (Å²) in [5, 5.41) is 3.72. The van der Waals surface area contributed by atoms with Gasteiger partial charge in [0.25, 0.3) is 0 Å². The van der Waals surface area contributed by atoms with E-state index in [4.69, 9.17) is 30.5 Å². The van der Waals surface area contributed by atoms with Gasteiger partial charge in [-0.05, 0) is 113 Å². The van der Waals surface area contributed by atoms with Gasteiger partial charge >= 0.3 is 12.1 Å². The van der Waals surface area contributed by atoms with Crippen molar-refractivity contribution in [2.45, 2.75) is 94.5 Å². The molecule has 4 rings (SSSR count). The van der Waals surface area contributed by atoms with Crippen molar-refractivity contribution < 1.29 is 37.0 Å². The molecule has 1 fully saturated rings. The summed E-state index contributed by atoms with van der Waals surface area (Å²) in [5.41, 5.74) is 1.59. The Hall–Kier alpha value is -3.64. The number of carbonyl (C=O) groups excluding carboxylic acids is 2. The van der Waals surface area contributed by atoms with Crippen molar-refractivity contribution in [3.63, 3.8) is 0 Å². The van der Waals surface area contributed by atoms with Gasteiger partial charge in [0, 0.05) is 30.4 Å². The van der Waals surface area contributed by atoms with Gasteiger partial charge in [0.15, 0.2) is 6.29 Å². The number of esters is 1. The largest absolute Gasteiger partial charge is 0.462 e. The molecule has 0 bridgehead atoms. The van der Waals surface area contributed by atoms with Crippen molar-refractivity contribution in [1.82, 2.24) is 4.90 Å². The molecule has 3 aromatic carbocycles. The summed E-state index contributed by atoms with van der Waals surface area (Å²) in [7, 11) is -3.95. The summed E-state index contributed by atoms with van der Waals surface area (Å²) in [5.74, 6) is -0.595. The van der Waals surface area contributed by atoms with E-state index in [-0.39, 0.29) is 35.1 Å². The minimum Gasteiger partial charge on any atom is -0.462 e. The van der Waals surface area contributed by atoms with Gasteiger partial charge in [-0.25, -0.2) is 18.0 Å². The lowest BCUT2D eigenvalue weighted by molar-refractivity contribution is -0.192. The van der Waals surface area contributed by atoms with Crippen LogP contribution in [0.25, 0.3) is 0 Å². The summed E-state index contributed by atoms with van der Waals surface area (Å²) in [4.78, 5) is 27.9. The normalized spacial score (nSPS) is 15.6. The van der Waals surface area contributed by atoms with Crippen LogP contribution in [-0.2, 0) is 35.2 Å². The Balaban J connectivity index is 1.54. The quantitative estimate of drug-likeness (QED) is 0.154. The highest BCUT2D eigenvalue weighted by molar-refractivity contribution is 7.91. The van der Waals surface area contributed by atoms with E-state index in [1.54, 1.807) is 36.1 Å². The second kappa shape index (κ2) is 18.0. The molecule has 0 spiro atoms. The van der Waals surface area contributed by atoms with Crippen molar-refractivity contribution in [1.29, 1.82) is 0 Å². The predicted molar refractivity (Wildman–Crippen MR) is 193 cm³/mol. The van der Waals surface area contributed by atoms with Crippen molar-refractivity contribution in [3.05, 3.63) is 88.4 Å². The third-order valence-corrected chi connectivity index (χ3v) is 9.98. The fourth-order valence-electron chi connectivity index (χ4n) is 5.44. The van der Waals surface area contributed by atoms with E-state index in [1.165, 1.54) is 24.3 Å². The minimum atomic E-state index is -3.95. The van der Waals surface area contributed by atoms with Crippen LogP contribution in [0.3, 0.4) is 0 Å². The zero-order valence-corrected chi connectivity index (χ0v) is 31.1. The number of benzene rings is 3. The van der Waals surface area contributed by atoms with Crippen LogP contribution in [-0.4, -0.2) is 70.1 Å². The molecule has 50 heavy (non-hydrogen) atoms. The number of sulfone groups is 1. The molecule has 2 atom stereocenters. The average Bonchev–Trinajstić information content (AvgIpc) is 3.08. The Morgan fingerprint density at radius 3 is 2.40 bits per heavy atom. The molecule has 1 N–H and O–H groups in total. The van der Waals surface area contributed by atoms with E-state index in [9.17, 15) is 18.0 Å². The first-order chi connectivity index (χ1) is 23.8. The zero-order chi connectivity index (χ0) is 36.3. The van der Waals surface area contributed by atoms with Crippen molar-refractivity contribution in [3.8, 4) is 0 Å². The number of hydrogen-bond donors (Lipinski definition) is 1. The van der Waals surface area contributed by atoms with Gasteiger partial charge in [-0.1, -0.05) is 42.8 Å². The monoisotopic (exact) mass is 728 g/mol. The number of ether oxygens (including phenoxy) is 4. The smallest absolute Gasteiger partial charge is 0.410 e. The molecule has 1 unspecified atom stereocenters. The molecule has 0 aromatic heterocycles. The number of nitrogens with one attached hydrogen (secondary N) is 1. The molecule has 0 aliphatic carbocycles. The molecule has 272 valence electrons. The summed E-state index contributed by atoms with van der Waals surface area (Å²) in [6.45, 7) is 11.0. The van der Waals surface area contributed by atoms with Gasteiger partial charge in [-0.3, -0.25) is 0 Å². The van der Waals surface area contributed by atoms with Crippen LogP contribution in [0.15, 0.2) is 76.5 Å². The van der Waals surface area contributed by atoms with Crippen LogP contribution in [0.2, 0.25) is 5.02 Å². The molecule has 10 nitrogen and oxygen atoms in total. The number of carbonyl (C=O) groups is 2. The van der Waals surface area contributed by atoms with Gasteiger partial charge < -0.3 is 29.2 Å². The summed E-state index contributed by atoms with van der Waals surface area (Å²) < 4.78 is 50.6. The van der Waals surface area contributed by atoms with Crippen LogP contribution >= 0.6 is 11.6 Å². The highest BCUT2D eigenvalue weighted by Gasteiger charge is 2.29. The van der Waals surface area contributed by atoms with Gasteiger partial charge in [-0.2, -0.15) is 0 Å². The molecule has 0 radical (unpaired) electrons. The van der Waals surface area contributed by atoms with Gasteiger partial charge in [0.2, 0.25) is 9.84 Å². The van der Waals surface area contributed by atoms with Crippen molar-refractivity contribution in [2.75, 3.05) is 38.2 Å². The lowest BCUT2D eigenvalue weighted by Crippen LogP contribution is -2.41. The molecule has 0 saturated carbocycles. The van der Waals surface area contributed by atoms with E-state index < -0.39 is 39.9 Å². The summed E-state index contributed by atoms with van der Waals surface area (Å²) >= 11 is 6.34. The van der Waals surface area contributed by atoms with Crippen LogP contribution in [0.5, 0.6) is 0 Å². The molecule has 3 aromatic rings. The summed E-state index contributed by atoms with van der Waals surface area (Å²) in [6.07, 6.45) is 2.54. The molecular formula is C38H49ClN2O8S. The zero-order valence-electron chi connectivity index (χ0n) is 29.6. The summed E-state index contributed by atoms with van der Waals surface area (Å²) in [6, 6.07) is 18.3. The maximum absolute atomic E-state index is 13.7. The Bertz CT molecular complexity index is 1690. The molecule has 1 heterocycles. The van der Waals surface area contributed by atoms with Crippen LogP contribution in [0.1, 0.15) is 87.9 Å². The SMILES string of the molecule is CCCNc1ccc(S(=O)(=O)c2ccc(CCN(C[C@@H](OC3CCCCO3)c3cccc(Cl)c3)C(=O)OC(C)(C)C)cc2)cc1C(=O)OCC. The lowest BCUT2D eigenvalue weighted by atomic mass is 10.1. The third-order valence-electron chi connectivity index (χ3n) is 7.98. The van der Waals surface area contributed by atoms with E-state index >= 15 is 0 Å². The first-order valence-corrected chi connectivity index (χ1v) is 19.1. The third kappa shape index (κ3) is 11.2. The topological polar surface area (TPSA) is 120 Å². The molecule has 1 amide bonds. The first kappa shape index (κ1) is 39.2. The first-order valence-electron chi connectivity index (χ1n) is 17.2. The number of halogens is 1. The second-order valence-corrected chi connectivity index (χ2v) is 15.5. The highest BCUT2D eigenvalue weighted by atomic mass is 35.5.